The molecule has 0 atom stereocenters. The SMILES string of the molecule is Cc1[nH]nc(-c2ccc3c(c2)CCCO3)c1C(=O)O. The van der Waals surface area contributed by atoms with Crippen molar-refractivity contribution in [2.75, 3.05) is 6.61 Å². The van der Waals surface area contributed by atoms with Crippen LogP contribution in [0.2, 0.25) is 0 Å². The third kappa shape index (κ3) is 1.97. The molecule has 5 heteroatoms. The minimum Gasteiger partial charge on any atom is -0.493 e. The van der Waals surface area contributed by atoms with Gasteiger partial charge in [-0.2, -0.15) is 5.10 Å². The summed E-state index contributed by atoms with van der Waals surface area (Å²) in [7, 11) is 0. The van der Waals surface area contributed by atoms with Gasteiger partial charge < -0.3 is 9.84 Å². The highest BCUT2D eigenvalue weighted by Crippen LogP contribution is 2.31. The van der Waals surface area contributed by atoms with Gasteiger partial charge in [-0.05, 0) is 43.5 Å². The Morgan fingerprint density at radius 1 is 1.47 bits per heavy atom. The van der Waals surface area contributed by atoms with Gasteiger partial charge >= 0.3 is 5.97 Å². The molecule has 0 fully saturated rings. The van der Waals surface area contributed by atoms with Crippen molar-refractivity contribution in [1.29, 1.82) is 0 Å². The lowest BCUT2D eigenvalue weighted by Gasteiger charge is -2.17. The number of carboxylic acid groups (broad SMARTS) is 1. The van der Waals surface area contributed by atoms with Crippen LogP contribution in [0.25, 0.3) is 11.3 Å². The summed E-state index contributed by atoms with van der Waals surface area (Å²) in [5, 5.41) is 16.1. The van der Waals surface area contributed by atoms with Crippen molar-refractivity contribution in [3.63, 3.8) is 0 Å². The van der Waals surface area contributed by atoms with Gasteiger partial charge in [0.2, 0.25) is 0 Å². The van der Waals surface area contributed by atoms with Crippen molar-refractivity contribution < 1.29 is 14.6 Å². The van der Waals surface area contributed by atoms with Crippen LogP contribution in [0, 0.1) is 6.92 Å². The lowest BCUT2D eigenvalue weighted by atomic mass is 9.99. The number of aromatic amines is 1. The van der Waals surface area contributed by atoms with E-state index in [9.17, 15) is 9.90 Å². The minimum atomic E-state index is -0.963. The molecule has 3 rings (SSSR count). The first kappa shape index (κ1) is 11.8. The molecule has 0 spiro atoms. The molecule has 2 heterocycles. The second-order valence-corrected chi connectivity index (χ2v) is 4.65. The Hall–Kier alpha value is -2.30. The molecule has 0 saturated heterocycles. The number of aromatic nitrogens is 2. The molecule has 0 aliphatic carbocycles. The maximum Gasteiger partial charge on any atom is 0.339 e. The predicted molar refractivity (Wildman–Crippen MR) is 69.5 cm³/mol. The number of rotatable bonds is 2. The van der Waals surface area contributed by atoms with Crippen molar-refractivity contribution >= 4 is 5.97 Å². The van der Waals surface area contributed by atoms with Gasteiger partial charge in [-0.3, -0.25) is 5.10 Å². The molecule has 2 aromatic rings. The van der Waals surface area contributed by atoms with Gasteiger partial charge in [0.1, 0.15) is 17.0 Å². The van der Waals surface area contributed by atoms with Crippen molar-refractivity contribution in [3.05, 3.63) is 35.0 Å². The van der Waals surface area contributed by atoms with Gasteiger partial charge in [-0.1, -0.05) is 0 Å². The third-order valence-corrected chi connectivity index (χ3v) is 3.34. The van der Waals surface area contributed by atoms with Crippen LogP contribution in [0.15, 0.2) is 18.2 Å². The molecule has 0 unspecified atom stereocenters. The first-order valence-electron chi connectivity index (χ1n) is 6.21. The second-order valence-electron chi connectivity index (χ2n) is 4.65. The topological polar surface area (TPSA) is 75.2 Å². The predicted octanol–water partition coefficient (Wildman–Crippen LogP) is 2.41. The van der Waals surface area contributed by atoms with Crippen LogP contribution in [-0.2, 0) is 6.42 Å². The van der Waals surface area contributed by atoms with E-state index < -0.39 is 5.97 Å². The van der Waals surface area contributed by atoms with E-state index in [0.29, 0.717) is 11.4 Å². The zero-order valence-corrected chi connectivity index (χ0v) is 10.6. The average Bonchev–Trinajstić information content (AvgIpc) is 2.80. The van der Waals surface area contributed by atoms with Crippen molar-refractivity contribution in [2.24, 2.45) is 0 Å². The molecule has 1 aliphatic heterocycles. The number of aromatic carboxylic acids is 1. The first-order chi connectivity index (χ1) is 9.16. The van der Waals surface area contributed by atoms with E-state index in [0.717, 1.165) is 36.3 Å². The minimum absolute atomic E-state index is 0.233. The Morgan fingerprint density at radius 3 is 3.11 bits per heavy atom. The second kappa shape index (κ2) is 4.42. The number of hydrogen-bond acceptors (Lipinski definition) is 3. The molecule has 19 heavy (non-hydrogen) atoms. The summed E-state index contributed by atoms with van der Waals surface area (Å²) in [4.78, 5) is 11.3. The molecule has 1 aliphatic rings. The zero-order chi connectivity index (χ0) is 13.4. The number of aryl methyl sites for hydroxylation is 2. The van der Waals surface area contributed by atoms with E-state index in [-0.39, 0.29) is 5.56 Å². The van der Waals surface area contributed by atoms with Crippen LogP contribution < -0.4 is 4.74 Å². The lowest BCUT2D eigenvalue weighted by molar-refractivity contribution is 0.0697. The quantitative estimate of drug-likeness (QED) is 0.867. The number of carboxylic acids is 1. The van der Waals surface area contributed by atoms with Gasteiger partial charge in [-0.25, -0.2) is 4.79 Å². The molecular formula is C14H14N2O3. The average molecular weight is 258 g/mol. The monoisotopic (exact) mass is 258 g/mol. The van der Waals surface area contributed by atoms with E-state index in [1.807, 2.05) is 18.2 Å². The number of hydrogen-bond donors (Lipinski definition) is 2. The van der Waals surface area contributed by atoms with Crippen LogP contribution in [0.3, 0.4) is 0 Å². The standard InChI is InChI=1S/C14H14N2O3/c1-8-12(14(17)18)13(16-15-8)10-4-5-11-9(7-10)3-2-6-19-11/h4-5,7H,2-3,6H2,1H3,(H,15,16)(H,17,18). The summed E-state index contributed by atoms with van der Waals surface area (Å²) in [6.45, 7) is 2.45. The Bertz CT molecular complexity index is 646. The smallest absolute Gasteiger partial charge is 0.339 e. The van der Waals surface area contributed by atoms with Crippen LogP contribution >= 0.6 is 0 Å². The highest BCUT2D eigenvalue weighted by molar-refractivity contribution is 5.96. The number of benzene rings is 1. The summed E-state index contributed by atoms with van der Waals surface area (Å²) >= 11 is 0. The fourth-order valence-electron chi connectivity index (χ4n) is 2.41. The Morgan fingerprint density at radius 2 is 2.32 bits per heavy atom. The van der Waals surface area contributed by atoms with Crippen LogP contribution in [0.1, 0.15) is 28.0 Å². The molecule has 2 N–H and O–H groups in total. The molecule has 1 aromatic heterocycles. The third-order valence-electron chi connectivity index (χ3n) is 3.34. The lowest BCUT2D eigenvalue weighted by Crippen LogP contribution is -2.08. The molecule has 98 valence electrons. The van der Waals surface area contributed by atoms with E-state index in [2.05, 4.69) is 10.2 Å². The number of fused-ring (bicyclic) bond motifs is 1. The van der Waals surface area contributed by atoms with Crippen LogP contribution in [-0.4, -0.2) is 27.9 Å². The maximum absolute atomic E-state index is 11.3. The van der Waals surface area contributed by atoms with E-state index in [1.165, 1.54) is 0 Å². The van der Waals surface area contributed by atoms with Gasteiger partial charge in [0.05, 0.1) is 6.61 Å². The largest absolute Gasteiger partial charge is 0.493 e. The Labute approximate surface area is 110 Å². The van der Waals surface area contributed by atoms with Crippen LogP contribution in [0.4, 0.5) is 0 Å². The van der Waals surface area contributed by atoms with Gasteiger partial charge in [0, 0.05) is 11.3 Å². The fraction of sp³-hybridized carbons (Fsp3) is 0.286. The molecule has 0 saturated carbocycles. The maximum atomic E-state index is 11.3. The molecule has 0 amide bonds. The highest BCUT2D eigenvalue weighted by atomic mass is 16.5. The van der Waals surface area contributed by atoms with Gasteiger partial charge in [0.15, 0.2) is 0 Å². The summed E-state index contributed by atoms with van der Waals surface area (Å²) in [5.41, 5.74) is 3.21. The van der Waals surface area contributed by atoms with Gasteiger partial charge in [-0.15, -0.1) is 0 Å². The summed E-state index contributed by atoms with van der Waals surface area (Å²) in [5.74, 6) is -0.0747. The fourth-order valence-corrected chi connectivity index (χ4v) is 2.41. The van der Waals surface area contributed by atoms with Crippen molar-refractivity contribution in [3.8, 4) is 17.0 Å². The Balaban J connectivity index is 2.10. The zero-order valence-electron chi connectivity index (χ0n) is 10.6. The van der Waals surface area contributed by atoms with E-state index in [1.54, 1.807) is 6.92 Å². The van der Waals surface area contributed by atoms with E-state index >= 15 is 0 Å². The molecule has 5 nitrogen and oxygen atoms in total. The molecule has 1 aromatic carbocycles. The first-order valence-corrected chi connectivity index (χ1v) is 6.21. The van der Waals surface area contributed by atoms with Crippen LogP contribution in [0.5, 0.6) is 5.75 Å². The van der Waals surface area contributed by atoms with Crippen molar-refractivity contribution in [1.82, 2.24) is 10.2 Å². The number of carbonyl (C=O) groups is 1. The van der Waals surface area contributed by atoms with Gasteiger partial charge in [0.25, 0.3) is 0 Å². The molecule has 0 bridgehead atoms. The normalized spacial score (nSPS) is 13.7. The van der Waals surface area contributed by atoms with E-state index in [4.69, 9.17) is 4.74 Å². The number of nitrogens with zero attached hydrogens (tertiary/aromatic N) is 1. The highest BCUT2D eigenvalue weighted by Gasteiger charge is 2.20. The number of H-pyrrole nitrogens is 1. The summed E-state index contributed by atoms with van der Waals surface area (Å²) in [6, 6.07) is 5.71. The molecular weight excluding hydrogens is 244 g/mol. The number of ether oxygens (including phenoxy) is 1. The molecule has 0 radical (unpaired) electrons. The summed E-state index contributed by atoms with van der Waals surface area (Å²) < 4.78 is 5.55. The summed E-state index contributed by atoms with van der Waals surface area (Å²) in [6.07, 6.45) is 1.94. The Kier molecular flexibility index (Phi) is 2.74. The van der Waals surface area contributed by atoms with Crippen molar-refractivity contribution in [2.45, 2.75) is 19.8 Å². The number of nitrogens with one attached hydrogen (secondary N) is 1.